The summed E-state index contributed by atoms with van der Waals surface area (Å²) in [5.74, 6) is 1.08. The van der Waals surface area contributed by atoms with E-state index in [4.69, 9.17) is 10.7 Å². The zero-order chi connectivity index (χ0) is 14.4. The summed E-state index contributed by atoms with van der Waals surface area (Å²) in [6.07, 6.45) is 7.32. The number of nitrogens with two attached hydrogens (primary N) is 1. The molecular weight excluding hydrogens is 258 g/mol. The SMILES string of the molecule is Cc1c(-c2ccc3c(c2)CCCC3)nc2n1CCCC2N. The topological polar surface area (TPSA) is 43.8 Å². The van der Waals surface area contributed by atoms with Crippen LogP contribution in [0.4, 0.5) is 0 Å². The van der Waals surface area contributed by atoms with Crippen LogP contribution in [0.3, 0.4) is 0 Å². The zero-order valence-corrected chi connectivity index (χ0v) is 12.7. The van der Waals surface area contributed by atoms with Crippen LogP contribution in [0.1, 0.15) is 54.4 Å². The predicted molar refractivity (Wildman–Crippen MR) is 85.2 cm³/mol. The van der Waals surface area contributed by atoms with Gasteiger partial charge < -0.3 is 10.3 Å². The molecule has 0 bridgehead atoms. The second-order valence-corrected chi connectivity index (χ2v) is 6.49. The zero-order valence-electron chi connectivity index (χ0n) is 12.7. The van der Waals surface area contributed by atoms with Gasteiger partial charge in [0.25, 0.3) is 0 Å². The first-order valence-corrected chi connectivity index (χ1v) is 8.19. The number of benzene rings is 1. The Bertz CT molecular complexity index is 684. The lowest BCUT2D eigenvalue weighted by atomic mass is 9.90. The summed E-state index contributed by atoms with van der Waals surface area (Å²) in [6.45, 7) is 3.25. The summed E-state index contributed by atoms with van der Waals surface area (Å²) in [5, 5.41) is 0. The van der Waals surface area contributed by atoms with Crippen molar-refractivity contribution in [2.75, 3.05) is 0 Å². The maximum Gasteiger partial charge on any atom is 0.126 e. The molecule has 1 atom stereocenters. The molecule has 0 saturated carbocycles. The minimum absolute atomic E-state index is 0.101. The van der Waals surface area contributed by atoms with Crippen molar-refractivity contribution in [2.45, 2.75) is 58.0 Å². The minimum Gasteiger partial charge on any atom is -0.330 e. The lowest BCUT2D eigenvalue weighted by molar-refractivity contribution is 0.446. The molecule has 1 unspecified atom stereocenters. The van der Waals surface area contributed by atoms with E-state index in [1.54, 1.807) is 0 Å². The van der Waals surface area contributed by atoms with Crippen LogP contribution >= 0.6 is 0 Å². The molecule has 2 aliphatic rings. The average Bonchev–Trinajstić information content (AvgIpc) is 2.86. The van der Waals surface area contributed by atoms with Gasteiger partial charge in [-0.25, -0.2) is 4.98 Å². The Hall–Kier alpha value is -1.61. The minimum atomic E-state index is 0.101. The average molecular weight is 281 g/mol. The van der Waals surface area contributed by atoms with E-state index in [2.05, 4.69) is 29.7 Å². The molecule has 1 aromatic carbocycles. The summed E-state index contributed by atoms with van der Waals surface area (Å²) in [5.41, 5.74) is 13.0. The Morgan fingerprint density at radius 2 is 1.95 bits per heavy atom. The molecule has 0 fully saturated rings. The highest BCUT2D eigenvalue weighted by molar-refractivity contribution is 5.64. The van der Waals surface area contributed by atoms with Gasteiger partial charge in [-0.15, -0.1) is 0 Å². The molecule has 0 amide bonds. The fourth-order valence-corrected chi connectivity index (χ4v) is 3.87. The molecule has 110 valence electrons. The Morgan fingerprint density at radius 3 is 2.76 bits per heavy atom. The first-order valence-electron chi connectivity index (χ1n) is 8.19. The van der Waals surface area contributed by atoms with Crippen LogP contribution in [0, 0.1) is 6.92 Å². The lowest BCUT2D eigenvalue weighted by Crippen LogP contribution is -2.22. The Morgan fingerprint density at radius 1 is 1.14 bits per heavy atom. The molecule has 21 heavy (non-hydrogen) atoms. The highest BCUT2D eigenvalue weighted by Gasteiger charge is 2.23. The maximum absolute atomic E-state index is 6.23. The number of rotatable bonds is 1. The van der Waals surface area contributed by atoms with Crippen LogP contribution in [0.2, 0.25) is 0 Å². The van der Waals surface area contributed by atoms with Crippen molar-refractivity contribution < 1.29 is 0 Å². The van der Waals surface area contributed by atoms with Crippen LogP contribution in [0.15, 0.2) is 18.2 Å². The Kier molecular flexibility index (Phi) is 3.11. The number of nitrogens with zero attached hydrogens (tertiary/aromatic N) is 2. The Balaban J connectivity index is 1.80. The van der Waals surface area contributed by atoms with Crippen molar-refractivity contribution in [3.63, 3.8) is 0 Å². The van der Waals surface area contributed by atoms with Crippen LogP contribution in [-0.2, 0) is 19.4 Å². The van der Waals surface area contributed by atoms with Gasteiger partial charge >= 0.3 is 0 Å². The first-order chi connectivity index (χ1) is 10.2. The van der Waals surface area contributed by atoms with Crippen LogP contribution < -0.4 is 5.73 Å². The molecule has 3 nitrogen and oxygen atoms in total. The quantitative estimate of drug-likeness (QED) is 0.869. The highest BCUT2D eigenvalue weighted by Crippen LogP contribution is 2.32. The van der Waals surface area contributed by atoms with Gasteiger partial charge in [0.2, 0.25) is 0 Å². The van der Waals surface area contributed by atoms with Crippen LogP contribution in [0.25, 0.3) is 11.3 Å². The molecule has 2 heterocycles. The van der Waals surface area contributed by atoms with E-state index in [9.17, 15) is 0 Å². The monoisotopic (exact) mass is 281 g/mol. The van der Waals surface area contributed by atoms with Gasteiger partial charge in [0.05, 0.1) is 11.7 Å². The van der Waals surface area contributed by atoms with E-state index in [1.165, 1.54) is 48.1 Å². The van der Waals surface area contributed by atoms with Gasteiger partial charge in [0.1, 0.15) is 5.82 Å². The van der Waals surface area contributed by atoms with E-state index >= 15 is 0 Å². The molecule has 0 radical (unpaired) electrons. The van der Waals surface area contributed by atoms with Gasteiger partial charge in [0, 0.05) is 17.8 Å². The summed E-state index contributed by atoms with van der Waals surface area (Å²) >= 11 is 0. The van der Waals surface area contributed by atoms with E-state index in [-0.39, 0.29) is 6.04 Å². The maximum atomic E-state index is 6.23. The molecule has 2 N–H and O–H groups in total. The summed E-state index contributed by atoms with van der Waals surface area (Å²) in [4.78, 5) is 4.89. The van der Waals surface area contributed by atoms with Gasteiger partial charge in [-0.05, 0) is 62.6 Å². The standard InChI is InChI=1S/C18H23N3/c1-12-17(20-18-16(19)7-4-10-21(12)18)15-9-8-13-5-2-3-6-14(13)11-15/h8-9,11,16H,2-7,10,19H2,1H3. The molecule has 2 aromatic rings. The van der Waals surface area contributed by atoms with Gasteiger partial charge in [-0.2, -0.15) is 0 Å². The first kappa shape index (κ1) is 13.1. The fraction of sp³-hybridized carbons (Fsp3) is 0.500. The number of aromatic nitrogens is 2. The number of imidazole rings is 1. The molecule has 1 aliphatic carbocycles. The lowest BCUT2D eigenvalue weighted by Gasteiger charge is -2.20. The summed E-state index contributed by atoms with van der Waals surface area (Å²) in [6, 6.07) is 7.02. The predicted octanol–water partition coefficient (Wildman–Crippen LogP) is 3.53. The molecule has 3 heteroatoms. The summed E-state index contributed by atoms with van der Waals surface area (Å²) < 4.78 is 2.32. The second kappa shape index (κ2) is 4.99. The van der Waals surface area contributed by atoms with E-state index in [0.717, 1.165) is 30.9 Å². The van der Waals surface area contributed by atoms with Crippen LogP contribution in [-0.4, -0.2) is 9.55 Å². The normalized spacial score (nSPS) is 21.0. The fourth-order valence-electron chi connectivity index (χ4n) is 3.87. The summed E-state index contributed by atoms with van der Waals surface area (Å²) in [7, 11) is 0. The van der Waals surface area contributed by atoms with Crippen molar-refractivity contribution in [2.24, 2.45) is 5.73 Å². The molecule has 0 saturated heterocycles. The smallest absolute Gasteiger partial charge is 0.126 e. The van der Waals surface area contributed by atoms with E-state index in [0.29, 0.717) is 0 Å². The largest absolute Gasteiger partial charge is 0.330 e. The van der Waals surface area contributed by atoms with Gasteiger partial charge in [-0.1, -0.05) is 12.1 Å². The molecule has 1 aromatic heterocycles. The van der Waals surface area contributed by atoms with Crippen molar-refractivity contribution in [3.8, 4) is 11.3 Å². The van der Waals surface area contributed by atoms with Crippen molar-refractivity contribution >= 4 is 0 Å². The van der Waals surface area contributed by atoms with Crippen molar-refractivity contribution in [1.82, 2.24) is 9.55 Å². The molecular formula is C18H23N3. The third-order valence-electron chi connectivity index (χ3n) is 5.10. The number of hydrogen-bond donors (Lipinski definition) is 1. The van der Waals surface area contributed by atoms with E-state index < -0.39 is 0 Å². The number of fused-ring (bicyclic) bond motifs is 2. The third-order valence-corrected chi connectivity index (χ3v) is 5.10. The highest BCUT2D eigenvalue weighted by atomic mass is 15.1. The van der Waals surface area contributed by atoms with Gasteiger partial charge in [0.15, 0.2) is 0 Å². The number of hydrogen-bond acceptors (Lipinski definition) is 2. The molecule has 4 rings (SSSR count). The van der Waals surface area contributed by atoms with Crippen molar-refractivity contribution in [3.05, 3.63) is 40.8 Å². The number of aryl methyl sites for hydroxylation is 2. The van der Waals surface area contributed by atoms with Crippen LogP contribution in [0.5, 0.6) is 0 Å². The molecule has 0 spiro atoms. The second-order valence-electron chi connectivity index (χ2n) is 6.49. The van der Waals surface area contributed by atoms with Crippen molar-refractivity contribution in [1.29, 1.82) is 0 Å². The Labute approximate surface area is 126 Å². The van der Waals surface area contributed by atoms with Gasteiger partial charge in [-0.3, -0.25) is 0 Å². The third kappa shape index (κ3) is 2.11. The van der Waals surface area contributed by atoms with E-state index in [1.807, 2.05) is 0 Å². The molecule has 1 aliphatic heterocycles.